The Morgan fingerprint density at radius 3 is 3.00 bits per heavy atom. The lowest BCUT2D eigenvalue weighted by atomic mass is 10.2. The van der Waals surface area contributed by atoms with Gasteiger partial charge >= 0.3 is 0 Å². The Balaban J connectivity index is 2.51. The minimum atomic E-state index is 0.151. The summed E-state index contributed by atoms with van der Waals surface area (Å²) in [6, 6.07) is 0. The van der Waals surface area contributed by atoms with Crippen molar-refractivity contribution < 1.29 is 5.11 Å². The van der Waals surface area contributed by atoms with E-state index in [1.54, 1.807) is 0 Å². The predicted octanol–water partition coefficient (Wildman–Crippen LogP) is 0.0220. The van der Waals surface area contributed by atoms with Crippen LogP contribution in [0.1, 0.15) is 0 Å². The fourth-order valence-electron chi connectivity index (χ4n) is 0.609. The molecule has 0 amide bonds. The predicted molar refractivity (Wildman–Crippen MR) is 32.3 cm³/mol. The van der Waals surface area contributed by atoms with Crippen LogP contribution in [0.4, 0.5) is 0 Å². The molecule has 1 aliphatic heterocycles. The molecule has 44 valence electrons. The van der Waals surface area contributed by atoms with Crippen LogP contribution in [0, 0.1) is 0 Å². The summed E-state index contributed by atoms with van der Waals surface area (Å²) in [6.45, 7) is 0.991. The van der Waals surface area contributed by atoms with E-state index in [-0.39, 0.29) is 6.61 Å². The van der Waals surface area contributed by atoms with Gasteiger partial charge in [0.25, 0.3) is 0 Å². The molecule has 0 aromatic heterocycles. The summed E-state index contributed by atoms with van der Waals surface area (Å²) in [4.78, 5) is 0. The first-order valence-corrected chi connectivity index (χ1v) is 2.63. The summed E-state index contributed by atoms with van der Waals surface area (Å²) in [7, 11) is 0. The third-order valence-electron chi connectivity index (χ3n) is 1.08. The molecule has 0 aliphatic carbocycles. The summed E-state index contributed by atoms with van der Waals surface area (Å²) in [5, 5.41) is 11.5. The van der Waals surface area contributed by atoms with Gasteiger partial charge in [-0.05, 0) is 17.8 Å². The largest absolute Gasteiger partial charge is 0.392 e. The third kappa shape index (κ3) is 1.10. The zero-order valence-electron chi connectivity index (χ0n) is 4.59. The average Bonchev–Trinajstić information content (AvgIpc) is 1.90. The molecule has 0 fully saturated rings. The van der Waals surface area contributed by atoms with Gasteiger partial charge in [-0.3, -0.25) is 0 Å². The third-order valence-corrected chi connectivity index (χ3v) is 1.08. The monoisotopic (exact) mass is 111 g/mol. The van der Waals surface area contributed by atoms with Gasteiger partial charge < -0.3 is 10.4 Å². The van der Waals surface area contributed by atoms with Crippen molar-refractivity contribution in [3.8, 4) is 0 Å². The topological polar surface area (TPSA) is 32.3 Å². The zero-order valence-corrected chi connectivity index (χ0v) is 4.59. The van der Waals surface area contributed by atoms with Gasteiger partial charge in [-0.25, -0.2) is 0 Å². The highest BCUT2D eigenvalue weighted by Crippen LogP contribution is 1.96. The minimum absolute atomic E-state index is 0.151. The second-order valence-corrected chi connectivity index (χ2v) is 1.68. The standard InChI is InChI=1S/C6H9NO/c8-5-6-1-3-7-4-2-6/h1-3,7-8H,4-5H2. The SMILES string of the molecule is OCC1=CCNC=C1. The van der Waals surface area contributed by atoms with Gasteiger partial charge in [0.05, 0.1) is 6.61 Å². The van der Waals surface area contributed by atoms with Crippen molar-refractivity contribution in [3.05, 3.63) is 23.9 Å². The van der Waals surface area contributed by atoms with Gasteiger partial charge in [-0.15, -0.1) is 0 Å². The van der Waals surface area contributed by atoms with Crippen LogP contribution < -0.4 is 5.32 Å². The van der Waals surface area contributed by atoms with Crippen molar-refractivity contribution in [1.82, 2.24) is 5.32 Å². The Morgan fingerprint density at radius 2 is 2.62 bits per heavy atom. The highest BCUT2D eigenvalue weighted by molar-refractivity contribution is 5.21. The first kappa shape index (κ1) is 5.38. The van der Waals surface area contributed by atoms with Crippen LogP contribution in [0.3, 0.4) is 0 Å². The molecule has 0 bridgehead atoms. The lowest BCUT2D eigenvalue weighted by Crippen LogP contribution is -2.09. The van der Waals surface area contributed by atoms with E-state index in [2.05, 4.69) is 5.32 Å². The van der Waals surface area contributed by atoms with Gasteiger partial charge in [0.1, 0.15) is 0 Å². The number of hydrogen-bond donors (Lipinski definition) is 2. The molecule has 2 N–H and O–H groups in total. The number of aliphatic hydroxyl groups is 1. The number of dihydropyridines is 1. The van der Waals surface area contributed by atoms with Crippen molar-refractivity contribution in [2.75, 3.05) is 13.2 Å². The Bertz CT molecular complexity index is 126. The van der Waals surface area contributed by atoms with E-state index in [1.165, 1.54) is 0 Å². The van der Waals surface area contributed by atoms with Gasteiger partial charge in [0.15, 0.2) is 0 Å². The van der Waals surface area contributed by atoms with Crippen molar-refractivity contribution in [2.45, 2.75) is 0 Å². The molecule has 0 spiro atoms. The van der Waals surface area contributed by atoms with Crippen molar-refractivity contribution in [1.29, 1.82) is 0 Å². The molecule has 1 aliphatic rings. The lowest BCUT2D eigenvalue weighted by molar-refractivity contribution is 0.334. The summed E-state index contributed by atoms with van der Waals surface area (Å²) < 4.78 is 0. The van der Waals surface area contributed by atoms with Gasteiger partial charge in [0.2, 0.25) is 0 Å². The molecule has 0 saturated carbocycles. The summed E-state index contributed by atoms with van der Waals surface area (Å²) in [5.74, 6) is 0. The molecule has 2 heteroatoms. The van der Waals surface area contributed by atoms with Gasteiger partial charge in [-0.2, -0.15) is 0 Å². The Labute approximate surface area is 48.5 Å². The smallest absolute Gasteiger partial charge is 0.0679 e. The highest BCUT2D eigenvalue weighted by atomic mass is 16.3. The average molecular weight is 111 g/mol. The molecule has 0 aromatic rings. The molecule has 0 atom stereocenters. The van der Waals surface area contributed by atoms with Gasteiger partial charge in [0, 0.05) is 6.54 Å². The molecule has 8 heavy (non-hydrogen) atoms. The number of aliphatic hydroxyl groups excluding tert-OH is 1. The van der Waals surface area contributed by atoms with E-state index in [1.807, 2.05) is 18.4 Å². The maximum Gasteiger partial charge on any atom is 0.0679 e. The molecule has 0 unspecified atom stereocenters. The molecule has 1 heterocycles. The molecule has 0 saturated heterocycles. The quantitative estimate of drug-likeness (QED) is 0.500. The van der Waals surface area contributed by atoms with E-state index >= 15 is 0 Å². The lowest BCUT2D eigenvalue weighted by Gasteiger charge is -2.03. The Kier molecular flexibility index (Phi) is 1.70. The fourth-order valence-corrected chi connectivity index (χ4v) is 0.609. The second-order valence-electron chi connectivity index (χ2n) is 1.68. The normalized spacial score (nSPS) is 17.4. The Morgan fingerprint density at radius 1 is 1.75 bits per heavy atom. The molecular weight excluding hydrogens is 102 g/mol. The highest BCUT2D eigenvalue weighted by Gasteiger charge is 1.90. The van der Waals surface area contributed by atoms with Crippen LogP contribution in [-0.4, -0.2) is 18.3 Å². The number of hydrogen-bond acceptors (Lipinski definition) is 2. The van der Waals surface area contributed by atoms with Crippen LogP contribution in [0.15, 0.2) is 23.9 Å². The fraction of sp³-hybridized carbons (Fsp3) is 0.333. The molecule has 0 aromatic carbocycles. The number of rotatable bonds is 1. The van der Waals surface area contributed by atoms with E-state index in [9.17, 15) is 0 Å². The van der Waals surface area contributed by atoms with Gasteiger partial charge in [-0.1, -0.05) is 6.08 Å². The maximum atomic E-state index is 8.54. The van der Waals surface area contributed by atoms with Crippen LogP contribution >= 0.6 is 0 Å². The molecule has 1 rings (SSSR count). The molecular formula is C6H9NO. The maximum absolute atomic E-state index is 8.54. The summed E-state index contributed by atoms with van der Waals surface area (Å²) in [6.07, 6.45) is 5.66. The van der Waals surface area contributed by atoms with E-state index in [4.69, 9.17) is 5.11 Å². The first-order valence-electron chi connectivity index (χ1n) is 2.63. The van der Waals surface area contributed by atoms with E-state index in [0.29, 0.717) is 0 Å². The van der Waals surface area contributed by atoms with Crippen molar-refractivity contribution in [3.63, 3.8) is 0 Å². The van der Waals surface area contributed by atoms with Crippen LogP contribution in [0.25, 0.3) is 0 Å². The van der Waals surface area contributed by atoms with Crippen molar-refractivity contribution >= 4 is 0 Å². The molecule has 0 radical (unpaired) electrons. The molecule has 2 nitrogen and oxygen atoms in total. The summed E-state index contributed by atoms with van der Waals surface area (Å²) in [5.41, 5.74) is 0.990. The van der Waals surface area contributed by atoms with Crippen LogP contribution in [0.5, 0.6) is 0 Å². The second kappa shape index (κ2) is 2.52. The number of nitrogens with one attached hydrogen (secondary N) is 1. The van der Waals surface area contributed by atoms with Crippen LogP contribution in [0.2, 0.25) is 0 Å². The first-order chi connectivity index (χ1) is 3.93. The summed E-state index contributed by atoms with van der Waals surface area (Å²) >= 11 is 0. The Hall–Kier alpha value is -0.760. The van der Waals surface area contributed by atoms with E-state index in [0.717, 1.165) is 12.1 Å². The minimum Gasteiger partial charge on any atom is -0.392 e. The zero-order chi connectivity index (χ0) is 5.82. The van der Waals surface area contributed by atoms with Crippen molar-refractivity contribution in [2.24, 2.45) is 0 Å². The van der Waals surface area contributed by atoms with Crippen LogP contribution in [-0.2, 0) is 0 Å². The van der Waals surface area contributed by atoms with E-state index < -0.39 is 0 Å².